The lowest BCUT2D eigenvalue weighted by Gasteiger charge is -2.31. The molecule has 0 saturated carbocycles. The Kier molecular flexibility index (Phi) is 5.78. The minimum absolute atomic E-state index is 0.109. The van der Waals surface area contributed by atoms with E-state index in [9.17, 15) is 4.79 Å². The van der Waals surface area contributed by atoms with Crippen LogP contribution in [0.5, 0.6) is 0 Å². The topological polar surface area (TPSA) is 75.9 Å². The Morgan fingerprint density at radius 2 is 2.14 bits per heavy atom. The SMILES string of the molecule is CC1CCCN(Cc2ccccc2CNC(=O)c2sccc2-n2cnnn2)C1. The molecule has 8 heteroatoms. The van der Waals surface area contributed by atoms with E-state index in [1.54, 1.807) is 0 Å². The van der Waals surface area contributed by atoms with E-state index >= 15 is 0 Å². The molecule has 1 aliphatic rings. The monoisotopic (exact) mass is 396 g/mol. The summed E-state index contributed by atoms with van der Waals surface area (Å²) in [6.07, 6.45) is 4.07. The van der Waals surface area contributed by atoms with Gasteiger partial charge in [0.2, 0.25) is 0 Å². The van der Waals surface area contributed by atoms with Gasteiger partial charge in [-0.05, 0) is 58.3 Å². The molecule has 1 aromatic carbocycles. The van der Waals surface area contributed by atoms with Gasteiger partial charge in [0, 0.05) is 19.6 Å². The Balaban J connectivity index is 1.43. The highest BCUT2D eigenvalue weighted by Gasteiger charge is 2.18. The number of amides is 1. The molecule has 4 rings (SSSR count). The molecule has 7 nitrogen and oxygen atoms in total. The zero-order chi connectivity index (χ0) is 19.3. The fourth-order valence-corrected chi connectivity index (χ4v) is 4.53. The number of benzene rings is 1. The number of hydrogen-bond acceptors (Lipinski definition) is 6. The van der Waals surface area contributed by atoms with Crippen LogP contribution in [-0.2, 0) is 13.1 Å². The van der Waals surface area contributed by atoms with Crippen LogP contribution in [-0.4, -0.2) is 44.1 Å². The molecule has 1 amide bonds. The van der Waals surface area contributed by atoms with Crippen LogP contribution < -0.4 is 5.32 Å². The van der Waals surface area contributed by atoms with Crippen molar-refractivity contribution >= 4 is 17.2 Å². The zero-order valence-corrected chi connectivity index (χ0v) is 16.7. The fourth-order valence-electron chi connectivity index (χ4n) is 3.74. The summed E-state index contributed by atoms with van der Waals surface area (Å²) < 4.78 is 1.51. The van der Waals surface area contributed by atoms with Crippen LogP contribution in [0, 0.1) is 5.92 Å². The quantitative estimate of drug-likeness (QED) is 0.693. The summed E-state index contributed by atoms with van der Waals surface area (Å²) in [5.74, 6) is 0.644. The minimum Gasteiger partial charge on any atom is -0.347 e. The van der Waals surface area contributed by atoms with Crippen molar-refractivity contribution in [1.82, 2.24) is 30.4 Å². The highest BCUT2D eigenvalue weighted by molar-refractivity contribution is 7.12. The van der Waals surface area contributed by atoms with Crippen molar-refractivity contribution in [2.45, 2.75) is 32.9 Å². The largest absolute Gasteiger partial charge is 0.347 e. The third-order valence-electron chi connectivity index (χ3n) is 5.14. The first-order valence-corrected chi connectivity index (χ1v) is 10.5. The van der Waals surface area contributed by atoms with Crippen molar-refractivity contribution in [3.63, 3.8) is 0 Å². The second-order valence-electron chi connectivity index (χ2n) is 7.32. The molecule has 2 aromatic heterocycles. The average Bonchev–Trinajstić information content (AvgIpc) is 3.38. The molecule has 1 saturated heterocycles. The van der Waals surface area contributed by atoms with Gasteiger partial charge in [0.05, 0.1) is 5.69 Å². The average molecular weight is 397 g/mol. The molecule has 146 valence electrons. The Bertz CT molecular complexity index is 922. The summed E-state index contributed by atoms with van der Waals surface area (Å²) in [6.45, 7) is 6.05. The van der Waals surface area contributed by atoms with Gasteiger partial charge in [-0.1, -0.05) is 31.2 Å². The van der Waals surface area contributed by atoms with E-state index in [0.717, 1.165) is 31.1 Å². The van der Waals surface area contributed by atoms with Crippen LogP contribution >= 0.6 is 11.3 Å². The van der Waals surface area contributed by atoms with Gasteiger partial charge in [0.15, 0.2) is 0 Å². The number of likely N-dealkylation sites (tertiary alicyclic amines) is 1. The second kappa shape index (κ2) is 8.62. The van der Waals surface area contributed by atoms with Crippen LogP contribution in [0.3, 0.4) is 0 Å². The third-order valence-corrected chi connectivity index (χ3v) is 6.04. The number of thiophene rings is 1. The van der Waals surface area contributed by atoms with Crippen molar-refractivity contribution in [2.75, 3.05) is 13.1 Å². The number of nitrogens with one attached hydrogen (secondary N) is 1. The molecular formula is C20H24N6OS. The smallest absolute Gasteiger partial charge is 0.263 e. The van der Waals surface area contributed by atoms with Gasteiger partial charge in [-0.2, -0.15) is 4.68 Å². The molecule has 1 unspecified atom stereocenters. The van der Waals surface area contributed by atoms with E-state index in [4.69, 9.17) is 0 Å². The standard InChI is InChI=1S/C20H24N6OS/c1-15-5-4-9-25(12-15)13-17-7-3-2-6-16(17)11-21-20(27)19-18(8-10-28-19)26-14-22-23-24-26/h2-3,6-8,10,14-15H,4-5,9,11-13H2,1H3,(H,21,27). The molecule has 1 N–H and O–H groups in total. The van der Waals surface area contributed by atoms with Crippen molar-refractivity contribution in [2.24, 2.45) is 5.92 Å². The number of tetrazole rings is 1. The van der Waals surface area contributed by atoms with Crippen LogP contribution in [0.25, 0.3) is 5.69 Å². The Morgan fingerprint density at radius 3 is 2.93 bits per heavy atom. The predicted molar refractivity (Wildman–Crippen MR) is 108 cm³/mol. The lowest BCUT2D eigenvalue weighted by molar-refractivity contribution is 0.0954. The van der Waals surface area contributed by atoms with Gasteiger partial charge in [0.25, 0.3) is 5.91 Å². The first-order valence-electron chi connectivity index (χ1n) is 9.59. The number of carbonyl (C=O) groups is 1. The molecular weight excluding hydrogens is 372 g/mol. The number of nitrogens with zero attached hydrogens (tertiary/aromatic N) is 5. The van der Waals surface area contributed by atoms with E-state index in [1.165, 1.54) is 40.8 Å². The van der Waals surface area contributed by atoms with Gasteiger partial charge >= 0.3 is 0 Å². The number of carbonyl (C=O) groups excluding carboxylic acids is 1. The van der Waals surface area contributed by atoms with E-state index < -0.39 is 0 Å². The summed E-state index contributed by atoms with van der Waals surface area (Å²) in [5, 5.41) is 16.1. The van der Waals surface area contributed by atoms with Crippen molar-refractivity contribution in [3.05, 3.63) is 58.0 Å². The van der Waals surface area contributed by atoms with Crippen LogP contribution in [0.15, 0.2) is 42.0 Å². The molecule has 0 spiro atoms. The van der Waals surface area contributed by atoms with Gasteiger partial charge in [-0.3, -0.25) is 9.69 Å². The number of hydrogen-bond donors (Lipinski definition) is 1. The maximum atomic E-state index is 12.7. The van der Waals surface area contributed by atoms with E-state index in [0.29, 0.717) is 17.1 Å². The fraction of sp³-hybridized carbons (Fsp3) is 0.400. The van der Waals surface area contributed by atoms with Gasteiger partial charge in [-0.15, -0.1) is 16.4 Å². The minimum atomic E-state index is -0.109. The van der Waals surface area contributed by atoms with E-state index in [-0.39, 0.29) is 5.91 Å². The molecule has 0 radical (unpaired) electrons. The summed E-state index contributed by atoms with van der Waals surface area (Å²) >= 11 is 1.39. The van der Waals surface area contributed by atoms with E-state index in [2.05, 4.69) is 50.9 Å². The zero-order valence-electron chi connectivity index (χ0n) is 15.9. The molecule has 0 bridgehead atoms. The molecule has 3 aromatic rings. The van der Waals surface area contributed by atoms with Crippen LogP contribution in [0.4, 0.5) is 0 Å². The van der Waals surface area contributed by atoms with Crippen LogP contribution in [0.1, 0.15) is 40.6 Å². The molecule has 1 atom stereocenters. The highest BCUT2D eigenvalue weighted by Crippen LogP contribution is 2.21. The van der Waals surface area contributed by atoms with Gasteiger partial charge < -0.3 is 5.32 Å². The normalized spacial score (nSPS) is 17.5. The number of aromatic nitrogens is 4. The molecule has 1 fully saturated rings. The first kappa shape index (κ1) is 18.8. The first-order chi connectivity index (χ1) is 13.7. The van der Waals surface area contributed by atoms with Crippen LogP contribution in [0.2, 0.25) is 0 Å². The summed E-state index contributed by atoms with van der Waals surface area (Å²) in [6, 6.07) is 10.2. The maximum Gasteiger partial charge on any atom is 0.263 e. The second-order valence-corrected chi connectivity index (χ2v) is 8.24. The summed E-state index contributed by atoms with van der Waals surface area (Å²) in [7, 11) is 0. The maximum absolute atomic E-state index is 12.7. The molecule has 0 aliphatic carbocycles. The van der Waals surface area contributed by atoms with Crippen molar-refractivity contribution < 1.29 is 4.79 Å². The Labute approximate surface area is 168 Å². The number of piperidine rings is 1. The third kappa shape index (κ3) is 4.28. The molecule has 28 heavy (non-hydrogen) atoms. The highest BCUT2D eigenvalue weighted by atomic mass is 32.1. The lowest BCUT2D eigenvalue weighted by Crippen LogP contribution is -2.34. The Hall–Kier alpha value is -2.58. The molecule has 3 heterocycles. The van der Waals surface area contributed by atoms with E-state index in [1.807, 2.05) is 17.5 Å². The van der Waals surface area contributed by atoms with Gasteiger partial charge in [-0.25, -0.2) is 0 Å². The lowest BCUT2D eigenvalue weighted by atomic mass is 9.99. The summed E-state index contributed by atoms with van der Waals surface area (Å²) in [5.41, 5.74) is 3.14. The summed E-state index contributed by atoms with van der Waals surface area (Å²) in [4.78, 5) is 15.9. The van der Waals surface area contributed by atoms with Gasteiger partial charge in [0.1, 0.15) is 11.2 Å². The number of rotatable bonds is 6. The molecule has 1 aliphatic heterocycles. The van der Waals surface area contributed by atoms with Crippen molar-refractivity contribution in [1.29, 1.82) is 0 Å². The predicted octanol–water partition coefficient (Wildman–Crippen LogP) is 2.89. The van der Waals surface area contributed by atoms with Crippen molar-refractivity contribution in [3.8, 4) is 5.69 Å². The Morgan fingerprint density at radius 1 is 1.29 bits per heavy atom.